The van der Waals surface area contributed by atoms with Gasteiger partial charge in [-0.25, -0.2) is 0 Å². The number of fused-ring (bicyclic) bond motifs is 1. The molecule has 1 heterocycles. The Balaban J connectivity index is 2.24. The first-order valence-electron chi connectivity index (χ1n) is 5.62. The Bertz CT molecular complexity index is 306. The van der Waals surface area contributed by atoms with Crippen LogP contribution in [0.5, 0.6) is 5.75 Å². The van der Waals surface area contributed by atoms with Crippen molar-refractivity contribution in [2.45, 2.75) is 45.1 Å². The molecule has 1 aromatic rings. The molecule has 0 fully saturated rings. The molecule has 76 valence electrons. The minimum atomic E-state index is 0.419. The smallest absolute Gasteiger partial charge is 0.123 e. The molecular formula is C13H18O. The molecule has 0 spiro atoms. The molecule has 1 nitrogen and oxygen atoms in total. The summed E-state index contributed by atoms with van der Waals surface area (Å²) in [6.07, 6.45) is 3.98. The molecule has 0 N–H and O–H groups in total. The fraction of sp³-hybridized carbons (Fsp3) is 0.538. The van der Waals surface area contributed by atoms with Crippen molar-refractivity contribution in [3.05, 3.63) is 29.8 Å². The summed E-state index contributed by atoms with van der Waals surface area (Å²) in [6, 6.07) is 8.46. The van der Waals surface area contributed by atoms with Crippen molar-refractivity contribution in [2.75, 3.05) is 0 Å². The van der Waals surface area contributed by atoms with Gasteiger partial charge in [-0.2, -0.15) is 0 Å². The Hall–Kier alpha value is -0.980. The molecule has 0 radical (unpaired) electrons. The van der Waals surface area contributed by atoms with Gasteiger partial charge in [0, 0.05) is 11.5 Å². The molecule has 0 bridgehead atoms. The second-order valence-electron chi connectivity index (χ2n) is 4.00. The van der Waals surface area contributed by atoms with E-state index in [0.717, 1.165) is 5.75 Å². The van der Waals surface area contributed by atoms with Crippen molar-refractivity contribution >= 4 is 0 Å². The molecular weight excluding hydrogens is 172 g/mol. The maximum Gasteiger partial charge on any atom is 0.123 e. The van der Waals surface area contributed by atoms with Gasteiger partial charge in [-0.1, -0.05) is 38.5 Å². The number of benzene rings is 1. The van der Waals surface area contributed by atoms with Gasteiger partial charge in [0.1, 0.15) is 11.9 Å². The maximum absolute atomic E-state index is 5.95. The molecule has 1 heteroatoms. The van der Waals surface area contributed by atoms with E-state index in [0.29, 0.717) is 12.0 Å². The van der Waals surface area contributed by atoms with Crippen LogP contribution in [-0.2, 0) is 0 Å². The fourth-order valence-electron chi connectivity index (χ4n) is 2.37. The van der Waals surface area contributed by atoms with Crippen LogP contribution in [0.2, 0.25) is 0 Å². The minimum absolute atomic E-state index is 0.419. The first-order chi connectivity index (χ1) is 6.86. The lowest BCUT2D eigenvalue weighted by Crippen LogP contribution is -2.17. The highest BCUT2D eigenvalue weighted by Crippen LogP contribution is 2.41. The number of hydrogen-bond donors (Lipinski definition) is 0. The molecule has 2 unspecified atom stereocenters. The van der Waals surface area contributed by atoms with Crippen LogP contribution in [0.15, 0.2) is 24.3 Å². The van der Waals surface area contributed by atoms with Gasteiger partial charge in [-0.15, -0.1) is 0 Å². The fourth-order valence-corrected chi connectivity index (χ4v) is 2.37. The SMILES string of the molecule is CCCC1Oc2ccccc2C1CC. The molecule has 0 saturated heterocycles. The summed E-state index contributed by atoms with van der Waals surface area (Å²) in [5.41, 5.74) is 1.41. The number of ether oxygens (including phenoxy) is 1. The number of para-hydroxylation sites is 1. The highest BCUT2D eigenvalue weighted by molar-refractivity contribution is 5.40. The van der Waals surface area contributed by atoms with Gasteiger partial charge < -0.3 is 4.74 Å². The predicted molar refractivity (Wildman–Crippen MR) is 58.8 cm³/mol. The third-order valence-corrected chi connectivity index (χ3v) is 3.06. The van der Waals surface area contributed by atoms with Crippen LogP contribution >= 0.6 is 0 Å². The van der Waals surface area contributed by atoms with Gasteiger partial charge in [-0.05, 0) is 18.9 Å². The molecule has 0 saturated carbocycles. The quantitative estimate of drug-likeness (QED) is 0.705. The molecule has 1 aliphatic heterocycles. The standard InChI is InChI=1S/C13H18O/c1-3-7-12-10(4-2)11-8-5-6-9-13(11)14-12/h5-6,8-10,12H,3-4,7H2,1-2H3. The van der Waals surface area contributed by atoms with E-state index in [2.05, 4.69) is 38.1 Å². The van der Waals surface area contributed by atoms with E-state index in [1.807, 2.05) is 0 Å². The summed E-state index contributed by atoms with van der Waals surface area (Å²) >= 11 is 0. The molecule has 0 aliphatic carbocycles. The predicted octanol–water partition coefficient (Wildman–Crippen LogP) is 3.74. The normalized spacial score (nSPS) is 24.4. The number of rotatable bonds is 3. The van der Waals surface area contributed by atoms with E-state index in [9.17, 15) is 0 Å². The van der Waals surface area contributed by atoms with E-state index >= 15 is 0 Å². The van der Waals surface area contributed by atoms with Crippen LogP contribution in [0.1, 0.15) is 44.6 Å². The summed E-state index contributed by atoms with van der Waals surface area (Å²) < 4.78 is 5.95. The summed E-state index contributed by atoms with van der Waals surface area (Å²) in [7, 11) is 0. The molecule has 14 heavy (non-hydrogen) atoms. The summed E-state index contributed by atoms with van der Waals surface area (Å²) in [5.74, 6) is 1.73. The summed E-state index contributed by atoms with van der Waals surface area (Å²) in [5, 5.41) is 0. The van der Waals surface area contributed by atoms with Crippen molar-refractivity contribution in [1.82, 2.24) is 0 Å². The van der Waals surface area contributed by atoms with Crippen molar-refractivity contribution in [3.8, 4) is 5.75 Å². The first kappa shape index (κ1) is 9.57. The van der Waals surface area contributed by atoms with Gasteiger partial charge in [0.2, 0.25) is 0 Å². The molecule has 0 aromatic heterocycles. The van der Waals surface area contributed by atoms with Crippen LogP contribution < -0.4 is 4.74 Å². The largest absolute Gasteiger partial charge is 0.489 e. The molecule has 2 rings (SSSR count). The maximum atomic E-state index is 5.95. The summed E-state index contributed by atoms with van der Waals surface area (Å²) in [6.45, 7) is 4.47. The highest BCUT2D eigenvalue weighted by atomic mass is 16.5. The topological polar surface area (TPSA) is 9.23 Å². The third kappa shape index (κ3) is 1.52. The molecule has 1 aromatic carbocycles. The Morgan fingerprint density at radius 1 is 1.21 bits per heavy atom. The van der Waals surface area contributed by atoms with E-state index in [1.165, 1.54) is 24.8 Å². The van der Waals surface area contributed by atoms with E-state index in [-0.39, 0.29) is 0 Å². The zero-order valence-corrected chi connectivity index (χ0v) is 8.99. The van der Waals surface area contributed by atoms with Gasteiger partial charge in [-0.3, -0.25) is 0 Å². The van der Waals surface area contributed by atoms with Crippen molar-refractivity contribution in [2.24, 2.45) is 0 Å². The van der Waals surface area contributed by atoms with Crippen LogP contribution in [0.4, 0.5) is 0 Å². The molecule has 1 aliphatic rings. The number of hydrogen-bond acceptors (Lipinski definition) is 1. The van der Waals surface area contributed by atoms with E-state index in [4.69, 9.17) is 4.74 Å². The summed E-state index contributed by atoms with van der Waals surface area (Å²) in [4.78, 5) is 0. The van der Waals surface area contributed by atoms with Gasteiger partial charge in [0.15, 0.2) is 0 Å². The van der Waals surface area contributed by atoms with Crippen LogP contribution in [0, 0.1) is 0 Å². The van der Waals surface area contributed by atoms with Crippen LogP contribution in [0.3, 0.4) is 0 Å². The Morgan fingerprint density at radius 2 is 2.00 bits per heavy atom. The zero-order valence-electron chi connectivity index (χ0n) is 8.99. The van der Waals surface area contributed by atoms with E-state index < -0.39 is 0 Å². The highest BCUT2D eigenvalue weighted by Gasteiger charge is 2.31. The lowest BCUT2D eigenvalue weighted by atomic mass is 9.91. The Morgan fingerprint density at radius 3 is 2.71 bits per heavy atom. The van der Waals surface area contributed by atoms with Crippen LogP contribution in [-0.4, -0.2) is 6.10 Å². The lowest BCUT2D eigenvalue weighted by Gasteiger charge is -2.16. The second-order valence-corrected chi connectivity index (χ2v) is 4.00. The van der Waals surface area contributed by atoms with Crippen LogP contribution in [0.25, 0.3) is 0 Å². The average molecular weight is 190 g/mol. The third-order valence-electron chi connectivity index (χ3n) is 3.06. The average Bonchev–Trinajstić information content (AvgIpc) is 2.55. The van der Waals surface area contributed by atoms with Crippen molar-refractivity contribution in [3.63, 3.8) is 0 Å². The molecule has 0 amide bonds. The first-order valence-corrected chi connectivity index (χ1v) is 5.62. The van der Waals surface area contributed by atoms with E-state index in [1.54, 1.807) is 0 Å². The van der Waals surface area contributed by atoms with Crippen molar-refractivity contribution in [1.29, 1.82) is 0 Å². The van der Waals surface area contributed by atoms with Crippen molar-refractivity contribution < 1.29 is 4.74 Å². The monoisotopic (exact) mass is 190 g/mol. The lowest BCUT2D eigenvalue weighted by molar-refractivity contribution is 0.191. The van der Waals surface area contributed by atoms with Gasteiger partial charge >= 0.3 is 0 Å². The Labute approximate surface area is 86.1 Å². The van der Waals surface area contributed by atoms with Gasteiger partial charge in [0.05, 0.1) is 0 Å². The molecule has 2 atom stereocenters. The minimum Gasteiger partial charge on any atom is -0.489 e. The van der Waals surface area contributed by atoms with Gasteiger partial charge in [0.25, 0.3) is 0 Å². The zero-order chi connectivity index (χ0) is 9.97. The second kappa shape index (κ2) is 4.04. The Kier molecular flexibility index (Phi) is 2.76.